The van der Waals surface area contributed by atoms with E-state index < -0.39 is 0 Å². The molecule has 0 saturated carbocycles. The van der Waals surface area contributed by atoms with Gasteiger partial charge in [-0.15, -0.1) is 0 Å². The lowest BCUT2D eigenvalue weighted by atomic mass is 10.1. The second kappa shape index (κ2) is 6.73. The molecule has 0 aromatic carbocycles. The van der Waals surface area contributed by atoms with Crippen LogP contribution >= 0.6 is 0 Å². The first-order valence-electron chi connectivity index (χ1n) is 7.62. The molecule has 1 saturated heterocycles. The maximum atomic E-state index is 9.47. The molecule has 1 aliphatic heterocycles. The van der Waals surface area contributed by atoms with Crippen LogP contribution in [0.1, 0.15) is 25.2 Å². The molecule has 0 unspecified atom stereocenters. The summed E-state index contributed by atoms with van der Waals surface area (Å²) >= 11 is 0. The lowest BCUT2D eigenvalue weighted by Crippen LogP contribution is -2.60. The van der Waals surface area contributed by atoms with E-state index in [4.69, 9.17) is 11.5 Å². The molecule has 14 heteroatoms. The molecule has 2 aromatic heterocycles. The highest BCUT2D eigenvalue weighted by Crippen LogP contribution is 2.23. The van der Waals surface area contributed by atoms with Crippen LogP contribution in [0.15, 0.2) is 19.6 Å². The summed E-state index contributed by atoms with van der Waals surface area (Å²) in [6.45, 7) is 4.55. The Morgan fingerprint density at radius 1 is 0.923 bits per heavy atom. The molecule has 3 rings (SSSR count). The quantitative estimate of drug-likeness (QED) is 0.218. The monoisotopic (exact) mass is 366 g/mol. The predicted octanol–water partition coefficient (Wildman–Crippen LogP) is -1.02. The molecule has 0 bridgehead atoms. The Hall–Kier alpha value is -3.58. The maximum Gasteiger partial charge on any atom is 0.202 e. The minimum Gasteiger partial charge on any atom is -0.409 e. The molecule has 140 valence electrons. The average Bonchev–Trinajstić information content (AvgIpc) is 3.21. The molecule has 0 amide bonds. The molecular weight excluding hydrogens is 348 g/mol. The van der Waals surface area contributed by atoms with E-state index in [1.165, 1.54) is 0 Å². The Morgan fingerprint density at radius 2 is 1.38 bits per heavy atom. The largest absolute Gasteiger partial charge is 0.409 e. The van der Waals surface area contributed by atoms with Crippen molar-refractivity contribution in [1.29, 1.82) is 0 Å². The van der Waals surface area contributed by atoms with Gasteiger partial charge in [0.25, 0.3) is 0 Å². The van der Waals surface area contributed by atoms with Crippen LogP contribution in [0.5, 0.6) is 0 Å². The van der Waals surface area contributed by atoms with Crippen LogP contribution < -0.4 is 11.5 Å². The van der Waals surface area contributed by atoms with Crippen LogP contribution in [0.2, 0.25) is 0 Å². The molecule has 26 heavy (non-hydrogen) atoms. The van der Waals surface area contributed by atoms with Crippen molar-refractivity contribution in [2.24, 2.45) is 10.3 Å². The van der Waals surface area contributed by atoms with E-state index in [0.29, 0.717) is 13.1 Å². The first kappa shape index (κ1) is 17.2. The second-order valence-corrected chi connectivity index (χ2v) is 5.85. The van der Waals surface area contributed by atoms with Crippen molar-refractivity contribution in [3.05, 3.63) is 11.4 Å². The third-order valence-electron chi connectivity index (χ3n) is 4.10. The first-order valence-corrected chi connectivity index (χ1v) is 7.62. The third kappa shape index (κ3) is 2.80. The Labute approximate surface area is 146 Å². The number of hydrogen-bond donors (Lipinski definition) is 4. The molecule has 14 nitrogen and oxygen atoms in total. The fourth-order valence-corrected chi connectivity index (χ4v) is 3.10. The van der Waals surface area contributed by atoms with Gasteiger partial charge in [0.05, 0.1) is 0 Å². The zero-order valence-electron chi connectivity index (χ0n) is 14.0. The molecular formula is C12H18N10O4. The summed E-state index contributed by atoms with van der Waals surface area (Å²) in [4.78, 5) is 3.58. The highest BCUT2D eigenvalue weighted by molar-refractivity contribution is 6.02. The molecule has 0 spiro atoms. The van der Waals surface area contributed by atoms with Crippen molar-refractivity contribution in [2.45, 2.75) is 25.9 Å². The van der Waals surface area contributed by atoms with Crippen molar-refractivity contribution in [3.63, 3.8) is 0 Å². The lowest BCUT2D eigenvalue weighted by Gasteiger charge is -2.45. The van der Waals surface area contributed by atoms with E-state index >= 15 is 0 Å². The van der Waals surface area contributed by atoms with Crippen LogP contribution in [0.25, 0.3) is 0 Å². The van der Waals surface area contributed by atoms with E-state index in [1.807, 2.05) is 18.7 Å². The fourth-order valence-electron chi connectivity index (χ4n) is 3.10. The number of piperazine rings is 1. The number of amidine groups is 2. The van der Waals surface area contributed by atoms with Gasteiger partial charge in [-0.2, -0.15) is 0 Å². The standard InChI is InChI=1S/C12H18N10O4/c1-5-3-21(11(15-23)7-9(13)19-25-17-7)4-6(2)22(5)12(16-24)8-10(14)20-26-18-8/h5-6,23-24H,3-4H2,1-2H3,(H2,13,19)(H2,14,20)/b15-11-,16-12+/t5-,6-/m0/s1. The second-order valence-electron chi connectivity index (χ2n) is 5.85. The highest BCUT2D eigenvalue weighted by atomic mass is 16.6. The normalized spacial score (nSPS) is 22.1. The van der Waals surface area contributed by atoms with Crippen LogP contribution in [0.3, 0.4) is 0 Å². The third-order valence-corrected chi connectivity index (χ3v) is 4.10. The zero-order chi connectivity index (χ0) is 18.8. The van der Waals surface area contributed by atoms with Gasteiger partial charge in [-0.3, -0.25) is 0 Å². The number of nitrogen functional groups attached to an aromatic ring is 2. The number of nitrogens with zero attached hydrogens (tertiary/aromatic N) is 8. The Morgan fingerprint density at radius 3 is 1.77 bits per heavy atom. The first-order chi connectivity index (χ1) is 12.5. The fraction of sp³-hybridized carbons (Fsp3) is 0.500. The zero-order valence-corrected chi connectivity index (χ0v) is 14.0. The summed E-state index contributed by atoms with van der Waals surface area (Å²) < 4.78 is 9.15. The van der Waals surface area contributed by atoms with Crippen molar-refractivity contribution >= 4 is 23.3 Å². The van der Waals surface area contributed by atoms with Gasteiger partial charge >= 0.3 is 0 Å². The van der Waals surface area contributed by atoms with Crippen molar-refractivity contribution in [2.75, 3.05) is 24.6 Å². The number of anilines is 2. The smallest absolute Gasteiger partial charge is 0.202 e. The number of hydrogen-bond acceptors (Lipinski definition) is 12. The topological polar surface area (TPSA) is 202 Å². The minimum atomic E-state index is -0.196. The Kier molecular flexibility index (Phi) is 4.47. The van der Waals surface area contributed by atoms with Crippen LogP contribution in [0.4, 0.5) is 11.6 Å². The van der Waals surface area contributed by atoms with Gasteiger partial charge in [0, 0.05) is 25.2 Å². The predicted molar refractivity (Wildman–Crippen MR) is 86.4 cm³/mol. The average molecular weight is 366 g/mol. The summed E-state index contributed by atoms with van der Waals surface area (Å²) in [7, 11) is 0. The Bertz CT molecular complexity index is 818. The van der Waals surface area contributed by atoms with E-state index in [0.717, 1.165) is 0 Å². The Balaban J connectivity index is 1.86. The lowest BCUT2D eigenvalue weighted by molar-refractivity contribution is 0.132. The summed E-state index contributed by atoms with van der Waals surface area (Å²) in [5.41, 5.74) is 11.7. The summed E-state index contributed by atoms with van der Waals surface area (Å²) in [6.07, 6.45) is 0. The number of oxime groups is 2. The van der Waals surface area contributed by atoms with Crippen molar-refractivity contribution in [3.8, 4) is 0 Å². The van der Waals surface area contributed by atoms with Gasteiger partial charge in [-0.05, 0) is 34.5 Å². The molecule has 2 aromatic rings. The highest BCUT2D eigenvalue weighted by Gasteiger charge is 2.37. The minimum absolute atomic E-state index is 0.0127. The van der Waals surface area contributed by atoms with Crippen LogP contribution in [-0.2, 0) is 0 Å². The summed E-state index contributed by atoms with van der Waals surface area (Å²) in [6, 6.07) is -0.392. The summed E-state index contributed by atoms with van der Waals surface area (Å²) in [5, 5.41) is 39.8. The SMILES string of the molecule is C[C@H]1CN(/C(=N\O)c2nonc2N)C[C@H](C)N1/C(=N/O)c1nonc1N. The molecule has 0 aliphatic carbocycles. The van der Waals surface area contributed by atoms with Gasteiger partial charge in [-0.1, -0.05) is 10.3 Å². The van der Waals surface area contributed by atoms with Gasteiger partial charge in [0.1, 0.15) is 0 Å². The van der Waals surface area contributed by atoms with E-state index in [1.54, 1.807) is 4.90 Å². The van der Waals surface area contributed by atoms with Gasteiger partial charge in [0.15, 0.2) is 23.0 Å². The number of aromatic nitrogens is 4. The molecule has 2 atom stereocenters. The van der Waals surface area contributed by atoms with Crippen molar-refractivity contribution < 1.29 is 19.7 Å². The molecule has 6 N–H and O–H groups in total. The van der Waals surface area contributed by atoms with Gasteiger partial charge in [-0.25, -0.2) is 9.26 Å². The van der Waals surface area contributed by atoms with E-state index in [2.05, 4.69) is 40.2 Å². The molecule has 3 heterocycles. The van der Waals surface area contributed by atoms with Crippen LogP contribution in [-0.4, -0.2) is 77.7 Å². The van der Waals surface area contributed by atoms with Crippen molar-refractivity contribution in [1.82, 2.24) is 30.4 Å². The molecule has 1 aliphatic rings. The van der Waals surface area contributed by atoms with Gasteiger partial charge < -0.3 is 31.7 Å². The number of rotatable bonds is 2. The maximum absolute atomic E-state index is 9.47. The van der Waals surface area contributed by atoms with Gasteiger partial charge in [0.2, 0.25) is 11.7 Å². The van der Waals surface area contributed by atoms with E-state index in [-0.39, 0.29) is 46.8 Å². The summed E-state index contributed by atoms with van der Waals surface area (Å²) in [5.74, 6) is 0.291. The number of nitrogens with two attached hydrogens (primary N) is 2. The van der Waals surface area contributed by atoms with E-state index in [9.17, 15) is 10.4 Å². The molecule has 1 fully saturated rings. The molecule has 0 radical (unpaired) electrons. The van der Waals surface area contributed by atoms with Crippen LogP contribution in [0, 0.1) is 0 Å².